The van der Waals surface area contributed by atoms with Crippen molar-refractivity contribution < 1.29 is 4.39 Å². The van der Waals surface area contributed by atoms with Gasteiger partial charge in [-0.25, -0.2) is 4.39 Å². The van der Waals surface area contributed by atoms with Gasteiger partial charge < -0.3 is 5.32 Å². The second kappa shape index (κ2) is 5.38. The van der Waals surface area contributed by atoms with Crippen LogP contribution in [-0.2, 0) is 0 Å². The zero-order chi connectivity index (χ0) is 12.3. The maximum Gasteiger partial charge on any atom is 0.142 e. The minimum Gasteiger partial charge on any atom is -0.309 e. The second-order valence-corrected chi connectivity index (χ2v) is 4.51. The molecule has 0 aliphatic heterocycles. The summed E-state index contributed by atoms with van der Waals surface area (Å²) >= 11 is 3.20. The average molecular weight is 295 g/mol. The molecule has 1 aromatic carbocycles. The summed E-state index contributed by atoms with van der Waals surface area (Å²) in [7, 11) is 1.80. The van der Waals surface area contributed by atoms with Crippen molar-refractivity contribution in [2.75, 3.05) is 7.05 Å². The summed E-state index contributed by atoms with van der Waals surface area (Å²) in [5.41, 5.74) is 1.54. The highest BCUT2D eigenvalue weighted by atomic mass is 79.9. The lowest BCUT2D eigenvalue weighted by atomic mass is 10.00. The molecule has 1 atom stereocenters. The van der Waals surface area contributed by atoms with Crippen molar-refractivity contribution in [2.24, 2.45) is 0 Å². The van der Waals surface area contributed by atoms with Gasteiger partial charge in [-0.1, -0.05) is 18.2 Å². The van der Waals surface area contributed by atoms with E-state index in [-0.39, 0.29) is 11.9 Å². The van der Waals surface area contributed by atoms with E-state index in [1.807, 2.05) is 18.2 Å². The van der Waals surface area contributed by atoms with Crippen LogP contribution in [0, 0.1) is 5.82 Å². The number of pyridine rings is 1. The predicted molar refractivity (Wildman–Crippen MR) is 69.2 cm³/mol. The molecule has 1 N–H and O–H groups in total. The van der Waals surface area contributed by atoms with Crippen molar-refractivity contribution in [3.8, 4) is 0 Å². The van der Waals surface area contributed by atoms with Crippen molar-refractivity contribution in [1.82, 2.24) is 10.3 Å². The minimum atomic E-state index is -0.240. The van der Waals surface area contributed by atoms with Crippen LogP contribution in [0.4, 0.5) is 4.39 Å². The van der Waals surface area contributed by atoms with Gasteiger partial charge in [-0.3, -0.25) is 4.98 Å². The predicted octanol–water partition coefficient (Wildman–Crippen LogP) is 3.29. The monoisotopic (exact) mass is 294 g/mol. The average Bonchev–Trinajstić information content (AvgIpc) is 2.37. The number of hydrogen-bond donors (Lipinski definition) is 1. The number of hydrogen-bond acceptors (Lipinski definition) is 2. The first-order valence-corrected chi connectivity index (χ1v) is 6.04. The Morgan fingerprint density at radius 1 is 1.29 bits per heavy atom. The van der Waals surface area contributed by atoms with E-state index in [2.05, 4.69) is 26.2 Å². The molecule has 2 nitrogen and oxygen atoms in total. The molecule has 0 bridgehead atoms. The first-order valence-electron chi connectivity index (χ1n) is 5.25. The fraction of sp³-hybridized carbons (Fsp3) is 0.154. The Labute approximate surface area is 108 Å². The highest BCUT2D eigenvalue weighted by Gasteiger charge is 2.17. The summed E-state index contributed by atoms with van der Waals surface area (Å²) in [5.74, 6) is -0.240. The number of nitrogens with zero attached hydrogens (tertiary/aromatic N) is 1. The van der Waals surface area contributed by atoms with Crippen LogP contribution in [0.5, 0.6) is 0 Å². The molecule has 1 aromatic heterocycles. The van der Waals surface area contributed by atoms with Crippen LogP contribution in [0.3, 0.4) is 0 Å². The van der Waals surface area contributed by atoms with Crippen LogP contribution in [0.25, 0.3) is 0 Å². The molecule has 1 unspecified atom stereocenters. The molecule has 4 heteroatoms. The van der Waals surface area contributed by atoms with E-state index in [0.717, 1.165) is 5.56 Å². The largest absolute Gasteiger partial charge is 0.309 e. The van der Waals surface area contributed by atoms with Crippen LogP contribution in [0.2, 0.25) is 0 Å². The van der Waals surface area contributed by atoms with Crippen molar-refractivity contribution in [3.05, 3.63) is 64.1 Å². The standard InChI is InChI=1S/C13H12BrFN2/c1-16-13(9-4-3-7-17-8-9)10-5-2-6-11(14)12(10)15/h2-8,13,16H,1H3. The second-order valence-electron chi connectivity index (χ2n) is 3.65. The molecule has 0 saturated heterocycles. The van der Waals surface area contributed by atoms with E-state index in [9.17, 15) is 4.39 Å². The molecular weight excluding hydrogens is 283 g/mol. The molecule has 1 heterocycles. The number of halogens is 2. The quantitative estimate of drug-likeness (QED) is 0.940. The highest BCUT2D eigenvalue weighted by Crippen LogP contribution is 2.27. The van der Waals surface area contributed by atoms with Gasteiger partial charge in [0.05, 0.1) is 10.5 Å². The number of nitrogens with one attached hydrogen (secondary N) is 1. The molecule has 0 amide bonds. The smallest absolute Gasteiger partial charge is 0.142 e. The summed E-state index contributed by atoms with van der Waals surface area (Å²) in [6.45, 7) is 0. The summed E-state index contributed by atoms with van der Waals surface area (Å²) in [6, 6.07) is 8.86. The number of aromatic nitrogens is 1. The molecule has 0 fully saturated rings. The molecule has 0 aliphatic rings. The van der Waals surface area contributed by atoms with Gasteiger partial charge in [-0.15, -0.1) is 0 Å². The van der Waals surface area contributed by atoms with E-state index in [1.165, 1.54) is 0 Å². The van der Waals surface area contributed by atoms with Crippen molar-refractivity contribution >= 4 is 15.9 Å². The van der Waals surface area contributed by atoms with Gasteiger partial charge in [0.1, 0.15) is 5.82 Å². The normalized spacial score (nSPS) is 12.4. The van der Waals surface area contributed by atoms with Gasteiger partial charge in [0, 0.05) is 18.0 Å². The van der Waals surface area contributed by atoms with Crippen LogP contribution in [0.15, 0.2) is 47.2 Å². The van der Waals surface area contributed by atoms with Gasteiger partial charge in [0.15, 0.2) is 0 Å². The lowest BCUT2D eigenvalue weighted by Crippen LogP contribution is -2.19. The summed E-state index contributed by atoms with van der Waals surface area (Å²) in [5, 5.41) is 3.10. The Bertz CT molecular complexity index is 502. The number of rotatable bonds is 3. The fourth-order valence-corrected chi connectivity index (χ4v) is 2.17. The van der Waals surface area contributed by atoms with Gasteiger partial charge in [0.2, 0.25) is 0 Å². The Hall–Kier alpha value is -1.26. The third-order valence-corrected chi connectivity index (χ3v) is 3.21. The van der Waals surface area contributed by atoms with Crippen LogP contribution >= 0.6 is 15.9 Å². The zero-order valence-electron chi connectivity index (χ0n) is 9.32. The highest BCUT2D eigenvalue weighted by molar-refractivity contribution is 9.10. The van der Waals surface area contributed by atoms with E-state index < -0.39 is 0 Å². The molecule has 0 saturated carbocycles. The fourth-order valence-electron chi connectivity index (χ4n) is 1.79. The summed E-state index contributed by atoms with van der Waals surface area (Å²) in [6.07, 6.45) is 3.44. The van der Waals surface area contributed by atoms with E-state index in [1.54, 1.807) is 31.6 Å². The van der Waals surface area contributed by atoms with Crippen LogP contribution in [0.1, 0.15) is 17.2 Å². The number of benzene rings is 1. The Balaban J connectivity index is 2.46. The third kappa shape index (κ3) is 2.53. The van der Waals surface area contributed by atoms with Gasteiger partial charge >= 0.3 is 0 Å². The van der Waals surface area contributed by atoms with E-state index >= 15 is 0 Å². The van der Waals surface area contributed by atoms with Crippen LogP contribution in [-0.4, -0.2) is 12.0 Å². The molecule has 88 valence electrons. The summed E-state index contributed by atoms with van der Waals surface area (Å²) in [4.78, 5) is 4.06. The first kappa shape index (κ1) is 12.2. The molecule has 17 heavy (non-hydrogen) atoms. The summed E-state index contributed by atoms with van der Waals surface area (Å²) < 4.78 is 14.5. The van der Waals surface area contributed by atoms with E-state index in [0.29, 0.717) is 10.0 Å². The van der Waals surface area contributed by atoms with Crippen molar-refractivity contribution in [1.29, 1.82) is 0 Å². The topological polar surface area (TPSA) is 24.9 Å². The zero-order valence-corrected chi connectivity index (χ0v) is 10.9. The Morgan fingerprint density at radius 3 is 2.76 bits per heavy atom. The molecular formula is C13H12BrFN2. The van der Waals surface area contributed by atoms with Gasteiger partial charge in [-0.05, 0) is 40.7 Å². The Kier molecular flexibility index (Phi) is 3.86. The lowest BCUT2D eigenvalue weighted by Gasteiger charge is -2.17. The molecule has 0 spiro atoms. The first-order chi connectivity index (χ1) is 8.24. The third-order valence-electron chi connectivity index (χ3n) is 2.60. The van der Waals surface area contributed by atoms with Gasteiger partial charge in [0.25, 0.3) is 0 Å². The molecule has 2 rings (SSSR count). The minimum absolute atomic E-state index is 0.193. The molecule has 2 aromatic rings. The SMILES string of the molecule is CNC(c1cccnc1)c1cccc(Br)c1F. The lowest BCUT2D eigenvalue weighted by molar-refractivity contribution is 0.570. The van der Waals surface area contributed by atoms with Crippen molar-refractivity contribution in [2.45, 2.75) is 6.04 Å². The molecule has 0 radical (unpaired) electrons. The maximum absolute atomic E-state index is 14.0. The van der Waals surface area contributed by atoms with Crippen LogP contribution < -0.4 is 5.32 Å². The molecule has 0 aliphatic carbocycles. The van der Waals surface area contributed by atoms with Gasteiger partial charge in [-0.2, -0.15) is 0 Å². The van der Waals surface area contributed by atoms with E-state index in [4.69, 9.17) is 0 Å². The Morgan fingerprint density at radius 2 is 2.12 bits per heavy atom. The van der Waals surface area contributed by atoms with Crippen molar-refractivity contribution in [3.63, 3.8) is 0 Å². The maximum atomic E-state index is 14.0.